The zero-order valence-corrected chi connectivity index (χ0v) is 23.8. The second-order valence-corrected chi connectivity index (χ2v) is 8.36. The number of para-hydroxylation sites is 3. The maximum atomic E-state index is 11.3. The quantitative estimate of drug-likeness (QED) is 0.196. The van der Waals surface area contributed by atoms with Gasteiger partial charge in [-0.15, -0.1) is 0 Å². The van der Waals surface area contributed by atoms with Gasteiger partial charge in [-0.25, -0.2) is 0 Å². The minimum Gasteiger partial charge on any atom is -0.490 e. The fourth-order valence-electron chi connectivity index (χ4n) is 4.74. The SMILES string of the molecule is CCOc1cccc(C(C#N)(c2cccc(OCC)c2OCC)c2cccc(OCC)c2OCC)c1OCC. The first-order valence-corrected chi connectivity index (χ1v) is 13.7. The molecule has 3 rings (SSSR count). The van der Waals surface area contributed by atoms with Crippen LogP contribution in [0.4, 0.5) is 0 Å². The molecule has 7 nitrogen and oxygen atoms in total. The van der Waals surface area contributed by atoms with Crippen molar-refractivity contribution >= 4 is 0 Å². The van der Waals surface area contributed by atoms with Gasteiger partial charge in [-0.3, -0.25) is 0 Å². The molecule has 0 aliphatic rings. The summed E-state index contributed by atoms with van der Waals surface area (Å²) >= 11 is 0. The number of hydrogen-bond acceptors (Lipinski definition) is 7. The summed E-state index contributed by atoms with van der Waals surface area (Å²) in [7, 11) is 0. The second kappa shape index (κ2) is 14.2. The third-order valence-corrected chi connectivity index (χ3v) is 6.08. The molecule has 0 N–H and O–H groups in total. The van der Waals surface area contributed by atoms with E-state index in [1.165, 1.54) is 0 Å². The largest absolute Gasteiger partial charge is 0.490 e. The number of rotatable bonds is 15. The van der Waals surface area contributed by atoms with Crippen LogP contribution in [0.25, 0.3) is 0 Å². The van der Waals surface area contributed by atoms with Gasteiger partial charge < -0.3 is 28.4 Å². The van der Waals surface area contributed by atoms with Crippen molar-refractivity contribution < 1.29 is 28.4 Å². The molecule has 0 unspecified atom stereocenters. The predicted molar refractivity (Wildman–Crippen MR) is 152 cm³/mol. The summed E-state index contributed by atoms with van der Waals surface area (Å²) < 4.78 is 36.5. The van der Waals surface area contributed by atoms with Gasteiger partial charge in [0.15, 0.2) is 34.5 Å². The summed E-state index contributed by atoms with van der Waals surface area (Å²) in [4.78, 5) is 0. The summed E-state index contributed by atoms with van der Waals surface area (Å²) in [5.41, 5.74) is 0.346. The van der Waals surface area contributed by atoms with Crippen LogP contribution in [0.1, 0.15) is 58.2 Å². The molecule has 208 valence electrons. The third-order valence-electron chi connectivity index (χ3n) is 6.08. The van der Waals surface area contributed by atoms with Gasteiger partial charge in [-0.05, 0) is 59.7 Å². The normalized spacial score (nSPS) is 10.9. The number of hydrogen-bond donors (Lipinski definition) is 0. The first-order chi connectivity index (χ1) is 19.1. The Morgan fingerprint density at radius 3 is 1.00 bits per heavy atom. The Hall–Kier alpha value is -4.05. The Morgan fingerprint density at radius 1 is 0.487 bits per heavy atom. The van der Waals surface area contributed by atoms with Gasteiger partial charge in [0.1, 0.15) is 5.41 Å². The lowest BCUT2D eigenvalue weighted by Gasteiger charge is -2.34. The molecule has 7 heteroatoms. The molecule has 39 heavy (non-hydrogen) atoms. The molecule has 0 aliphatic heterocycles. The van der Waals surface area contributed by atoms with Crippen LogP contribution in [0.3, 0.4) is 0 Å². The van der Waals surface area contributed by atoms with E-state index in [-0.39, 0.29) is 0 Å². The highest BCUT2D eigenvalue weighted by molar-refractivity contribution is 5.71. The highest BCUT2D eigenvalue weighted by Crippen LogP contribution is 2.54. The van der Waals surface area contributed by atoms with Gasteiger partial charge in [-0.2, -0.15) is 5.26 Å². The van der Waals surface area contributed by atoms with Crippen molar-refractivity contribution in [3.8, 4) is 40.6 Å². The molecule has 0 radical (unpaired) electrons. The molecule has 0 aromatic heterocycles. The van der Waals surface area contributed by atoms with E-state index in [2.05, 4.69) is 6.07 Å². The Morgan fingerprint density at radius 2 is 0.769 bits per heavy atom. The van der Waals surface area contributed by atoms with Crippen molar-refractivity contribution in [3.05, 3.63) is 71.3 Å². The molecule has 3 aromatic carbocycles. The molecule has 0 heterocycles. The molecule has 0 aliphatic carbocycles. The minimum atomic E-state index is -1.45. The Kier molecular flexibility index (Phi) is 10.7. The van der Waals surface area contributed by atoms with Crippen LogP contribution in [-0.2, 0) is 5.41 Å². The summed E-state index contributed by atoms with van der Waals surface area (Å²) in [6.07, 6.45) is 0. The van der Waals surface area contributed by atoms with E-state index in [1.807, 2.05) is 96.1 Å². The summed E-state index contributed by atoms with van der Waals surface area (Å²) in [6.45, 7) is 13.9. The Balaban J connectivity index is 2.59. The molecule has 0 bridgehead atoms. The van der Waals surface area contributed by atoms with Crippen molar-refractivity contribution in [1.82, 2.24) is 0 Å². The lowest BCUT2D eigenvalue weighted by atomic mass is 9.69. The summed E-state index contributed by atoms with van der Waals surface area (Å²) in [6, 6.07) is 19.5. The van der Waals surface area contributed by atoms with Crippen molar-refractivity contribution in [2.24, 2.45) is 0 Å². The van der Waals surface area contributed by atoms with Crippen LogP contribution < -0.4 is 28.4 Å². The van der Waals surface area contributed by atoms with Gasteiger partial charge in [-0.1, -0.05) is 36.4 Å². The van der Waals surface area contributed by atoms with E-state index >= 15 is 0 Å². The number of nitriles is 1. The Labute approximate surface area is 232 Å². The van der Waals surface area contributed by atoms with E-state index in [9.17, 15) is 5.26 Å². The van der Waals surface area contributed by atoms with Crippen molar-refractivity contribution in [3.63, 3.8) is 0 Å². The van der Waals surface area contributed by atoms with E-state index in [0.717, 1.165) is 0 Å². The van der Waals surface area contributed by atoms with Crippen LogP contribution >= 0.6 is 0 Å². The second-order valence-electron chi connectivity index (χ2n) is 8.36. The first-order valence-electron chi connectivity index (χ1n) is 13.7. The average Bonchev–Trinajstić information content (AvgIpc) is 2.94. The average molecular weight is 534 g/mol. The Bertz CT molecular complexity index is 1120. The molecule has 0 atom stereocenters. The van der Waals surface area contributed by atoms with Crippen LogP contribution in [-0.4, -0.2) is 39.6 Å². The smallest absolute Gasteiger partial charge is 0.166 e. The summed E-state index contributed by atoms with van der Waals surface area (Å²) in [5, 5.41) is 11.3. The van der Waals surface area contributed by atoms with Crippen molar-refractivity contribution in [2.75, 3.05) is 39.6 Å². The van der Waals surface area contributed by atoms with Crippen LogP contribution in [0.2, 0.25) is 0 Å². The standard InChI is InChI=1S/C32H39NO6/c1-7-34-26-19-13-16-23(29(26)37-10-4)32(22-33,24-17-14-20-27(35-8-2)30(24)38-11-5)25-18-15-21-28(36-9-3)31(25)39-12-6/h13-21H,7-12H2,1-6H3. The highest BCUT2D eigenvalue weighted by Gasteiger charge is 2.46. The molecule has 0 saturated carbocycles. The number of ether oxygens (including phenoxy) is 6. The minimum absolute atomic E-state index is 0.382. The van der Waals surface area contributed by atoms with Crippen LogP contribution in [0.5, 0.6) is 34.5 Å². The zero-order chi connectivity index (χ0) is 28.3. The highest BCUT2D eigenvalue weighted by atomic mass is 16.5. The van der Waals surface area contributed by atoms with Gasteiger partial charge in [0.25, 0.3) is 0 Å². The van der Waals surface area contributed by atoms with Crippen molar-refractivity contribution in [2.45, 2.75) is 47.0 Å². The number of nitrogens with zero attached hydrogens (tertiary/aromatic N) is 1. The summed E-state index contributed by atoms with van der Waals surface area (Å²) in [5.74, 6) is 3.10. The molecular weight excluding hydrogens is 494 g/mol. The molecule has 0 amide bonds. The van der Waals surface area contributed by atoms with Crippen LogP contribution in [0.15, 0.2) is 54.6 Å². The molecule has 0 saturated heterocycles. The van der Waals surface area contributed by atoms with Gasteiger partial charge in [0.05, 0.1) is 45.7 Å². The lowest BCUT2D eigenvalue weighted by molar-refractivity contribution is 0.275. The molecule has 0 fully saturated rings. The topological polar surface area (TPSA) is 79.2 Å². The fraction of sp³-hybridized carbons (Fsp3) is 0.406. The van der Waals surface area contributed by atoms with Gasteiger partial charge >= 0.3 is 0 Å². The van der Waals surface area contributed by atoms with Gasteiger partial charge in [0.2, 0.25) is 0 Å². The molecule has 0 spiro atoms. The van der Waals surface area contributed by atoms with E-state index in [0.29, 0.717) is 90.8 Å². The maximum Gasteiger partial charge on any atom is 0.166 e. The van der Waals surface area contributed by atoms with Crippen LogP contribution in [0, 0.1) is 11.3 Å². The van der Waals surface area contributed by atoms with E-state index < -0.39 is 5.41 Å². The third kappa shape index (κ3) is 5.85. The lowest BCUT2D eigenvalue weighted by Crippen LogP contribution is -2.30. The van der Waals surface area contributed by atoms with E-state index in [1.54, 1.807) is 0 Å². The molecule has 3 aromatic rings. The molecular formula is C32H39NO6. The monoisotopic (exact) mass is 533 g/mol. The maximum absolute atomic E-state index is 11.3. The van der Waals surface area contributed by atoms with Crippen molar-refractivity contribution in [1.29, 1.82) is 5.26 Å². The van der Waals surface area contributed by atoms with Gasteiger partial charge in [0, 0.05) is 16.7 Å². The first kappa shape index (κ1) is 29.5. The predicted octanol–water partition coefficient (Wildman–Crippen LogP) is 6.94. The fourth-order valence-corrected chi connectivity index (χ4v) is 4.74. The number of benzene rings is 3. The van der Waals surface area contributed by atoms with E-state index in [4.69, 9.17) is 28.4 Å². The zero-order valence-electron chi connectivity index (χ0n) is 23.8.